The molecule has 0 aromatic heterocycles. The Kier molecular flexibility index (Phi) is 8.01. The van der Waals surface area contributed by atoms with Crippen LogP contribution in [0.3, 0.4) is 0 Å². The zero-order valence-corrected chi connectivity index (χ0v) is 21.7. The first kappa shape index (κ1) is 29.5. The van der Waals surface area contributed by atoms with E-state index in [1.165, 1.54) is 0 Å². The van der Waals surface area contributed by atoms with Crippen molar-refractivity contribution >= 4 is 5.91 Å². The molecule has 1 saturated heterocycles. The number of benzene rings is 2. The molecule has 2 aliphatic rings. The van der Waals surface area contributed by atoms with Gasteiger partial charge < -0.3 is 24.2 Å². The minimum Gasteiger partial charge on any atom is -0.489 e. The third-order valence-corrected chi connectivity index (χ3v) is 6.93. The molecule has 2 aromatic carbocycles. The number of nitrogens with one attached hydrogen (secondary N) is 1. The zero-order valence-electron chi connectivity index (χ0n) is 21.7. The summed E-state index contributed by atoms with van der Waals surface area (Å²) >= 11 is 0. The number of aliphatic hydroxyl groups is 1. The van der Waals surface area contributed by atoms with Crippen molar-refractivity contribution < 1.29 is 50.5 Å². The van der Waals surface area contributed by atoms with Crippen LogP contribution in [-0.2, 0) is 22.4 Å². The van der Waals surface area contributed by atoms with Crippen LogP contribution < -0.4 is 19.5 Å². The van der Waals surface area contributed by atoms with Gasteiger partial charge in [0.15, 0.2) is 11.5 Å². The molecule has 2 heterocycles. The van der Waals surface area contributed by atoms with E-state index in [0.29, 0.717) is 35.6 Å². The van der Waals surface area contributed by atoms with Crippen LogP contribution in [0.4, 0.5) is 26.3 Å². The highest BCUT2D eigenvalue weighted by molar-refractivity contribution is 5.89. The largest absolute Gasteiger partial charge is 0.489 e. The average Bonchev–Trinajstić information content (AvgIpc) is 3.47. The highest BCUT2D eigenvalue weighted by Gasteiger charge is 2.71. The van der Waals surface area contributed by atoms with Gasteiger partial charge in [-0.1, -0.05) is 31.6 Å². The Bertz CT molecular complexity index is 1270. The smallest absolute Gasteiger partial charge is 0.430 e. The lowest BCUT2D eigenvalue weighted by Gasteiger charge is -2.33. The van der Waals surface area contributed by atoms with Crippen LogP contribution in [0.15, 0.2) is 48.6 Å². The molecule has 1 unspecified atom stereocenters. The first-order chi connectivity index (χ1) is 18.7. The van der Waals surface area contributed by atoms with Gasteiger partial charge in [0, 0.05) is 12.1 Å². The van der Waals surface area contributed by atoms with Gasteiger partial charge in [0.2, 0.25) is 12.7 Å². The molecule has 2 aromatic rings. The van der Waals surface area contributed by atoms with Crippen LogP contribution >= 0.6 is 0 Å². The lowest BCUT2D eigenvalue weighted by Crippen LogP contribution is -2.53. The maximum Gasteiger partial charge on any atom is 0.430 e. The first-order valence-electron chi connectivity index (χ1n) is 12.4. The predicted octanol–water partition coefficient (Wildman–Crippen LogP) is 4.92. The van der Waals surface area contributed by atoms with Gasteiger partial charge in [-0.05, 0) is 54.8 Å². The Hall–Kier alpha value is -3.45. The van der Waals surface area contributed by atoms with Crippen molar-refractivity contribution in [3.05, 3.63) is 65.2 Å². The van der Waals surface area contributed by atoms with E-state index in [4.69, 9.17) is 14.2 Å². The number of ether oxygens (including phenoxy) is 3. The summed E-state index contributed by atoms with van der Waals surface area (Å²) in [5.74, 6) is 1.09. The van der Waals surface area contributed by atoms with Crippen molar-refractivity contribution in [1.29, 1.82) is 0 Å². The Balaban J connectivity index is 1.40. The fourth-order valence-electron chi connectivity index (χ4n) is 4.60. The molecule has 40 heavy (non-hydrogen) atoms. The summed E-state index contributed by atoms with van der Waals surface area (Å²) in [4.78, 5) is 14.7. The number of carbonyl (C=O) groups is 1. The van der Waals surface area contributed by atoms with Crippen molar-refractivity contribution in [3.8, 4) is 17.2 Å². The highest BCUT2D eigenvalue weighted by atomic mass is 19.4. The summed E-state index contributed by atoms with van der Waals surface area (Å²) in [6.07, 6.45) is -8.13. The molecule has 0 radical (unpaired) electrons. The van der Waals surface area contributed by atoms with Crippen molar-refractivity contribution in [2.75, 3.05) is 26.6 Å². The summed E-state index contributed by atoms with van der Waals surface area (Å²) in [7, 11) is 0. The van der Waals surface area contributed by atoms with Gasteiger partial charge in [-0.15, -0.1) is 0 Å². The minimum atomic E-state index is -5.97. The highest BCUT2D eigenvalue weighted by Crippen LogP contribution is 2.50. The molecule has 0 saturated carbocycles. The van der Waals surface area contributed by atoms with Crippen molar-refractivity contribution in [1.82, 2.24) is 10.2 Å². The number of nitrogens with zero attached hydrogens (tertiary/aromatic N) is 1. The molecule has 2 aliphatic heterocycles. The minimum absolute atomic E-state index is 0.0479. The molecule has 1 atom stereocenters. The van der Waals surface area contributed by atoms with Crippen LogP contribution in [0.2, 0.25) is 0 Å². The van der Waals surface area contributed by atoms with Gasteiger partial charge in [0.1, 0.15) is 17.9 Å². The molecule has 7 nitrogen and oxygen atoms in total. The SMILES string of the molecule is CCCc1cc(C(O)(C(F)(F)F)C(F)(F)F)ccc1OC/C=C\CN1CNC(C)(c2ccc3c(c2)OCO3)C1=O. The number of rotatable bonds is 9. The Labute approximate surface area is 226 Å². The topological polar surface area (TPSA) is 80.3 Å². The van der Waals surface area contributed by atoms with Crippen molar-refractivity contribution in [3.63, 3.8) is 0 Å². The van der Waals surface area contributed by atoms with E-state index in [-0.39, 0.29) is 50.3 Å². The molecule has 218 valence electrons. The van der Waals surface area contributed by atoms with Gasteiger partial charge in [-0.2, -0.15) is 26.3 Å². The van der Waals surface area contributed by atoms with E-state index in [0.717, 1.165) is 6.07 Å². The van der Waals surface area contributed by atoms with Gasteiger partial charge >= 0.3 is 12.4 Å². The Morgan fingerprint density at radius 3 is 2.42 bits per heavy atom. The predicted molar refractivity (Wildman–Crippen MR) is 131 cm³/mol. The number of alkyl halides is 6. The second-order valence-corrected chi connectivity index (χ2v) is 9.62. The normalized spacial score (nSPS) is 19.6. The fraction of sp³-hybridized carbons (Fsp3) is 0.444. The third-order valence-electron chi connectivity index (χ3n) is 6.93. The van der Waals surface area contributed by atoms with Gasteiger partial charge in [-0.25, -0.2) is 0 Å². The lowest BCUT2D eigenvalue weighted by atomic mass is 9.90. The van der Waals surface area contributed by atoms with Crippen LogP contribution in [0, 0.1) is 0 Å². The van der Waals surface area contributed by atoms with E-state index in [1.54, 1.807) is 49.1 Å². The summed E-state index contributed by atoms with van der Waals surface area (Å²) in [5, 5.41) is 12.9. The number of amides is 1. The number of hydrogen-bond donors (Lipinski definition) is 2. The van der Waals surface area contributed by atoms with Crippen LogP contribution in [0.25, 0.3) is 0 Å². The molecule has 0 aliphatic carbocycles. The van der Waals surface area contributed by atoms with Gasteiger partial charge in [0.25, 0.3) is 5.60 Å². The first-order valence-corrected chi connectivity index (χ1v) is 12.4. The van der Waals surface area contributed by atoms with E-state index >= 15 is 0 Å². The maximum absolute atomic E-state index is 13.3. The molecular weight excluding hydrogens is 546 g/mol. The zero-order chi connectivity index (χ0) is 29.3. The molecule has 0 bridgehead atoms. The monoisotopic (exact) mass is 574 g/mol. The standard InChI is InChI=1S/C27H28F6N2O5/c1-3-6-17-13-19(25(37,26(28,29)30)27(31,32)33)8-9-20(17)38-12-5-4-11-35-15-34-24(2,23(35)36)18-7-10-21-22(14-18)40-16-39-21/h4-5,7-10,13-14,34,37H,3,6,11-12,15-16H2,1-2H3/b5-4-. The average molecular weight is 575 g/mol. The molecule has 0 spiro atoms. The number of fused-ring (bicyclic) bond motifs is 1. The van der Waals surface area contributed by atoms with Crippen LogP contribution in [-0.4, -0.2) is 54.9 Å². The fourth-order valence-corrected chi connectivity index (χ4v) is 4.60. The molecule has 4 rings (SSSR count). The van der Waals surface area contributed by atoms with Gasteiger partial charge in [0.05, 0.1) is 6.67 Å². The van der Waals surface area contributed by atoms with Crippen molar-refractivity contribution in [2.45, 2.75) is 50.2 Å². The molecular formula is C27H28F6N2O5. The summed E-state index contributed by atoms with van der Waals surface area (Å²) in [6, 6.07) is 7.50. The van der Waals surface area contributed by atoms with Crippen LogP contribution in [0.5, 0.6) is 17.2 Å². The van der Waals surface area contributed by atoms with Crippen LogP contribution in [0.1, 0.15) is 37.0 Å². The number of hydrogen-bond acceptors (Lipinski definition) is 6. The maximum atomic E-state index is 13.3. The van der Waals surface area contributed by atoms with E-state index in [1.807, 2.05) is 0 Å². The van der Waals surface area contributed by atoms with Crippen molar-refractivity contribution in [2.24, 2.45) is 0 Å². The number of halogens is 6. The number of aryl methyl sites for hydroxylation is 1. The molecule has 2 N–H and O–H groups in total. The second-order valence-electron chi connectivity index (χ2n) is 9.62. The summed E-state index contributed by atoms with van der Waals surface area (Å²) < 4.78 is 96.1. The molecule has 13 heteroatoms. The molecule has 1 amide bonds. The summed E-state index contributed by atoms with van der Waals surface area (Å²) in [6.45, 7) is 4.04. The Morgan fingerprint density at radius 2 is 1.75 bits per heavy atom. The number of carbonyl (C=O) groups excluding carboxylic acids is 1. The van der Waals surface area contributed by atoms with E-state index in [2.05, 4.69) is 5.32 Å². The van der Waals surface area contributed by atoms with E-state index in [9.17, 15) is 36.2 Å². The summed E-state index contributed by atoms with van der Waals surface area (Å²) in [5.41, 5.74) is -6.50. The quantitative estimate of drug-likeness (QED) is 0.327. The lowest BCUT2D eigenvalue weighted by molar-refractivity contribution is -0.376. The van der Waals surface area contributed by atoms with Gasteiger partial charge in [-0.3, -0.25) is 10.1 Å². The Morgan fingerprint density at radius 1 is 1.05 bits per heavy atom. The second kappa shape index (κ2) is 10.8. The third kappa shape index (κ3) is 5.31. The molecule has 1 fully saturated rings. The van der Waals surface area contributed by atoms with E-state index < -0.39 is 29.1 Å².